The molecule has 1 saturated heterocycles. The maximum absolute atomic E-state index is 12.1. The molecule has 1 aromatic heterocycles. The van der Waals surface area contributed by atoms with Crippen LogP contribution in [0.4, 0.5) is 0 Å². The zero-order chi connectivity index (χ0) is 12.4. The maximum Gasteiger partial charge on any atom is 0.345 e. The van der Waals surface area contributed by atoms with Crippen LogP contribution in [0.25, 0.3) is 0 Å². The highest BCUT2D eigenvalue weighted by atomic mass is 16.2. The third-order valence-electron chi connectivity index (χ3n) is 4.13. The summed E-state index contributed by atoms with van der Waals surface area (Å²) in [5.41, 5.74) is 0.0977. The summed E-state index contributed by atoms with van der Waals surface area (Å²) in [6.07, 6.45) is 8.10. The molecular formula is C13H22N4O. The van der Waals surface area contributed by atoms with Crippen molar-refractivity contribution in [1.82, 2.24) is 19.7 Å². The average Bonchev–Trinajstić information content (AvgIpc) is 2.75. The highest BCUT2D eigenvalue weighted by Gasteiger charge is 2.18. The lowest BCUT2D eigenvalue weighted by Gasteiger charge is -2.22. The van der Waals surface area contributed by atoms with E-state index in [0.717, 1.165) is 44.7 Å². The van der Waals surface area contributed by atoms with Gasteiger partial charge in [-0.05, 0) is 38.6 Å². The Hall–Kier alpha value is -1.10. The Bertz CT molecular complexity index is 456. The fraction of sp³-hybridized carbons (Fsp3) is 0.846. The number of hydrogen-bond donors (Lipinski definition) is 1. The Morgan fingerprint density at radius 2 is 2.22 bits per heavy atom. The van der Waals surface area contributed by atoms with Crippen LogP contribution in [0.15, 0.2) is 4.79 Å². The van der Waals surface area contributed by atoms with Crippen LogP contribution in [0.1, 0.15) is 44.3 Å². The van der Waals surface area contributed by atoms with E-state index in [-0.39, 0.29) is 5.69 Å². The van der Waals surface area contributed by atoms with Crippen molar-refractivity contribution in [1.29, 1.82) is 0 Å². The van der Waals surface area contributed by atoms with Crippen molar-refractivity contribution in [2.75, 3.05) is 6.54 Å². The third kappa shape index (κ3) is 2.36. The SMILES string of the molecule is O=c1n(CCC2CCCCN2)nc2n1CCCC2. The second-order valence-corrected chi connectivity index (χ2v) is 5.47. The van der Waals surface area contributed by atoms with Crippen molar-refractivity contribution in [2.24, 2.45) is 0 Å². The Morgan fingerprint density at radius 1 is 1.28 bits per heavy atom. The fourth-order valence-electron chi connectivity index (χ4n) is 3.04. The molecule has 3 heterocycles. The van der Waals surface area contributed by atoms with Gasteiger partial charge in [-0.25, -0.2) is 9.48 Å². The van der Waals surface area contributed by atoms with Crippen LogP contribution in [0.5, 0.6) is 0 Å². The lowest BCUT2D eigenvalue weighted by Crippen LogP contribution is -2.36. The molecule has 100 valence electrons. The van der Waals surface area contributed by atoms with E-state index in [1.807, 2.05) is 4.57 Å². The summed E-state index contributed by atoms with van der Waals surface area (Å²) < 4.78 is 3.54. The van der Waals surface area contributed by atoms with Crippen LogP contribution < -0.4 is 11.0 Å². The average molecular weight is 250 g/mol. The lowest BCUT2D eigenvalue weighted by molar-refractivity contribution is 0.357. The number of aromatic nitrogens is 3. The Kier molecular flexibility index (Phi) is 3.50. The molecule has 1 atom stereocenters. The molecule has 0 amide bonds. The Labute approximate surface area is 107 Å². The first-order chi connectivity index (χ1) is 8.84. The number of rotatable bonds is 3. The van der Waals surface area contributed by atoms with Crippen molar-refractivity contribution in [2.45, 2.75) is 64.1 Å². The molecule has 1 aromatic rings. The second-order valence-electron chi connectivity index (χ2n) is 5.47. The zero-order valence-corrected chi connectivity index (χ0v) is 10.9. The third-order valence-corrected chi connectivity index (χ3v) is 4.13. The van der Waals surface area contributed by atoms with Gasteiger partial charge in [0.25, 0.3) is 0 Å². The van der Waals surface area contributed by atoms with E-state index in [4.69, 9.17) is 0 Å². The van der Waals surface area contributed by atoms with E-state index in [9.17, 15) is 4.79 Å². The highest BCUT2D eigenvalue weighted by Crippen LogP contribution is 2.12. The van der Waals surface area contributed by atoms with Crippen LogP contribution >= 0.6 is 0 Å². The molecule has 1 N–H and O–H groups in total. The van der Waals surface area contributed by atoms with Gasteiger partial charge in [0.2, 0.25) is 0 Å². The standard InChI is InChI=1S/C13H22N4O/c18-13-16-9-4-2-6-12(16)15-17(13)10-7-11-5-1-3-8-14-11/h11,14H,1-10H2. The first-order valence-corrected chi connectivity index (χ1v) is 7.24. The first-order valence-electron chi connectivity index (χ1n) is 7.24. The van der Waals surface area contributed by atoms with Gasteiger partial charge in [0.15, 0.2) is 0 Å². The molecule has 2 aliphatic heterocycles. The summed E-state index contributed by atoms with van der Waals surface area (Å²) in [4.78, 5) is 12.1. The normalized spacial score (nSPS) is 23.9. The van der Waals surface area contributed by atoms with Crippen LogP contribution in [0.2, 0.25) is 0 Å². The fourth-order valence-corrected chi connectivity index (χ4v) is 3.04. The minimum absolute atomic E-state index is 0.0977. The van der Waals surface area contributed by atoms with Gasteiger partial charge in [-0.15, -0.1) is 0 Å². The molecule has 1 unspecified atom stereocenters. The van der Waals surface area contributed by atoms with E-state index in [2.05, 4.69) is 10.4 Å². The van der Waals surface area contributed by atoms with E-state index in [0.29, 0.717) is 6.04 Å². The topological polar surface area (TPSA) is 51.9 Å². The van der Waals surface area contributed by atoms with E-state index >= 15 is 0 Å². The van der Waals surface area contributed by atoms with E-state index in [1.54, 1.807) is 4.68 Å². The number of aryl methyl sites for hydroxylation is 2. The Morgan fingerprint density at radius 3 is 3.00 bits per heavy atom. The van der Waals surface area contributed by atoms with Crippen molar-refractivity contribution in [3.05, 3.63) is 16.3 Å². The van der Waals surface area contributed by atoms with Gasteiger partial charge in [-0.3, -0.25) is 4.57 Å². The molecule has 0 aromatic carbocycles. The van der Waals surface area contributed by atoms with Crippen molar-refractivity contribution in [3.63, 3.8) is 0 Å². The van der Waals surface area contributed by atoms with Gasteiger partial charge in [-0.2, -0.15) is 5.10 Å². The summed E-state index contributed by atoms with van der Waals surface area (Å²) >= 11 is 0. The lowest BCUT2D eigenvalue weighted by atomic mass is 10.0. The molecule has 3 rings (SSSR count). The molecule has 1 fully saturated rings. The van der Waals surface area contributed by atoms with Gasteiger partial charge >= 0.3 is 5.69 Å². The van der Waals surface area contributed by atoms with Gasteiger partial charge in [0.1, 0.15) is 5.82 Å². The molecule has 0 spiro atoms. The largest absolute Gasteiger partial charge is 0.345 e. The van der Waals surface area contributed by atoms with Crippen molar-refractivity contribution >= 4 is 0 Å². The van der Waals surface area contributed by atoms with Crippen LogP contribution in [0.3, 0.4) is 0 Å². The molecular weight excluding hydrogens is 228 g/mol. The molecule has 0 saturated carbocycles. The molecule has 0 radical (unpaired) electrons. The zero-order valence-electron chi connectivity index (χ0n) is 10.9. The van der Waals surface area contributed by atoms with Crippen molar-refractivity contribution in [3.8, 4) is 0 Å². The first kappa shape index (κ1) is 12.0. The Balaban J connectivity index is 1.65. The molecule has 0 bridgehead atoms. The maximum atomic E-state index is 12.1. The molecule has 2 aliphatic rings. The van der Waals surface area contributed by atoms with Gasteiger partial charge in [0, 0.05) is 25.6 Å². The number of piperidine rings is 1. The summed E-state index contributed by atoms with van der Waals surface area (Å²) in [5.74, 6) is 0.989. The minimum atomic E-state index is 0.0977. The molecule has 18 heavy (non-hydrogen) atoms. The molecule has 0 aliphatic carbocycles. The number of fused-ring (bicyclic) bond motifs is 1. The monoisotopic (exact) mass is 250 g/mol. The van der Waals surface area contributed by atoms with Crippen molar-refractivity contribution < 1.29 is 0 Å². The molecule has 5 heteroatoms. The van der Waals surface area contributed by atoms with Crippen LogP contribution in [-0.2, 0) is 19.5 Å². The summed E-state index contributed by atoms with van der Waals surface area (Å²) in [7, 11) is 0. The van der Waals surface area contributed by atoms with E-state index < -0.39 is 0 Å². The van der Waals surface area contributed by atoms with Gasteiger partial charge in [-0.1, -0.05) is 6.42 Å². The number of nitrogens with one attached hydrogen (secondary N) is 1. The number of hydrogen-bond acceptors (Lipinski definition) is 3. The quantitative estimate of drug-likeness (QED) is 0.867. The van der Waals surface area contributed by atoms with Crippen LogP contribution in [-0.4, -0.2) is 26.9 Å². The second kappa shape index (κ2) is 5.26. The highest BCUT2D eigenvalue weighted by molar-refractivity contribution is 4.91. The smallest absolute Gasteiger partial charge is 0.314 e. The summed E-state index contributed by atoms with van der Waals surface area (Å²) in [6, 6.07) is 0.573. The van der Waals surface area contributed by atoms with Gasteiger partial charge < -0.3 is 5.32 Å². The predicted molar refractivity (Wildman–Crippen MR) is 69.7 cm³/mol. The molecule has 5 nitrogen and oxygen atoms in total. The number of nitrogens with zero attached hydrogens (tertiary/aromatic N) is 3. The van der Waals surface area contributed by atoms with Crippen LogP contribution in [0, 0.1) is 0 Å². The summed E-state index contributed by atoms with van der Waals surface area (Å²) in [5, 5.41) is 7.99. The minimum Gasteiger partial charge on any atom is -0.314 e. The summed E-state index contributed by atoms with van der Waals surface area (Å²) in [6.45, 7) is 2.74. The predicted octanol–water partition coefficient (Wildman–Crippen LogP) is 0.913. The van der Waals surface area contributed by atoms with Gasteiger partial charge in [0.05, 0.1) is 0 Å². The van der Waals surface area contributed by atoms with E-state index in [1.165, 1.54) is 25.7 Å².